The van der Waals surface area contributed by atoms with Gasteiger partial charge in [-0.25, -0.2) is 4.98 Å². The fourth-order valence-corrected chi connectivity index (χ4v) is 3.77. The largest absolute Gasteiger partial charge is 0.354 e. The molecule has 144 valence electrons. The molecule has 2 aromatic heterocycles. The number of carbonyl (C=O) groups is 3. The number of benzene rings is 1. The van der Waals surface area contributed by atoms with Crippen LogP contribution in [-0.4, -0.2) is 27.6 Å². The number of aryl methyl sites for hydroxylation is 1. The van der Waals surface area contributed by atoms with E-state index < -0.39 is 0 Å². The van der Waals surface area contributed by atoms with Crippen LogP contribution in [0.3, 0.4) is 0 Å². The number of nitrogens with zero attached hydrogens (tertiary/aromatic N) is 1. The van der Waals surface area contributed by atoms with Gasteiger partial charge in [0.2, 0.25) is 5.91 Å². The second-order valence-electron chi connectivity index (χ2n) is 6.43. The Hall–Kier alpha value is -3.26. The molecule has 0 fully saturated rings. The normalized spacial score (nSPS) is 10.6. The fraction of sp³-hybridized carbons (Fsp3) is 0.200. The van der Waals surface area contributed by atoms with Gasteiger partial charge >= 0.3 is 0 Å². The minimum atomic E-state index is -0.338. The second-order valence-corrected chi connectivity index (χ2v) is 7.29. The maximum Gasteiger partial charge on any atom is 0.274 e. The summed E-state index contributed by atoms with van der Waals surface area (Å²) < 4.78 is 0. The van der Waals surface area contributed by atoms with Crippen molar-refractivity contribution < 1.29 is 14.4 Å². The maximum absolute atomic E-state index is 12.6. The summed E-state index contributed by atoms with van der Waals surface area (Å²) in [4.78, 5) is 42.9. The molecule has 0 bridgehead atoms. The fourth-order valence-electron chi connectivity index (χ4n) is 3.06. The molecule has 8 heteroatoms. The van der Waals surface area contributed by atoms with Gasteiger partial charge in [-0.1, -0.05) is 12.1 Å². The highest BCUT2D eigenvalue weighted by atomic mass is 32.1. The highest BCUT2D eigenvalue weighted by Gasteiger charge is 2.20. The van der Waals surface area contributed by atoms with Crippen molar-refractivity contribution in [1.29, 1.82) is 0 Å². The number of aromatic amines is 1. The molecule has 2 heterocycles. The number of anilines is 2. The molecule has 0 radical (unpaired) electrons. The topological polar surface area (TPSA) is 104 Å². The summed E-state index contributed by atoms with van der Waals surface area (Å²) in [6.45, 7) is 6.46. The SMILES string of the molecule is CC(=O)Nc1ccc(-c2csc(NC(=O)c3[nH]c(C)c(C(C)=O)c3C)n2)cc1. The number of nitrogens with one attached hydrogen (secondary N) is 3. The molecule has 28 heavy (non-hydrogen) atoms. The van der Waals surface area contributed by atoms with Crippen LogP contribution in [0.2, 0.25) is 0 Å². The Labute approximate surface area is 166 Å². The zero-order valence-electron chi connectivity index (χ0n) is 16.0. The van der Waals surface area contributed by atoms with Crippen molar-refractivity contribution in [3.8, 4) is 11.3 Å². The molecule has 3 N–H and O–H groups in total. The van der Waals surface area contributed by atoms with Crippen LogP contribution in [-0.2, 0) is 4.79 Å². The number of hydrogen-bond donors (Lipinski definition) is 3. The zero-order chi connectivity index (χ0) is 20.4. The van der Waals surface area contributed by atoms with Crippen molar-refractivity contribution in [1.82, 2.24) is 9.97 Å². The summed E-state index contributed by atoms with van der Waals surface area (Å²) in [5.74, 6) is -0.547. The number of thiazole rings is 1. The first kappa shape index (κ1) is 19.5. The number of H-pyrrole nitrogens is 1. The van der Waals surface area contributed by atoms with Gasteiger partial charge < -0.3 is 10.3 Å². The molecular formula is C20H20N4O3S. The average molecular weight is 396 g/mol. The molecule has 0 aliphatic carbocycles. The molecule has 2 amide bonds. The number of hydrogen-bond acceptors (Lipinski definition) is 5. The summed E-state index contributed by atoms with van der Waals surface area (Å²) in [6, 6.07) is 7.29. The molecule has 0 unspecified atom stereocenters. The van der Waals surface area contributed by atoms with E-state index in [4.69, 9.17) is 0 Å². The van der Waals surface area contributed by atoms with Gasteiger partial charge in [-0.15, -0.1) is 11.3 Å². The van der Waals surface area contributed by atoms with Crippen LogP contribution in [0, 0.1) is 13.8 Å². The highest BCUT2D eigenvalue weighted by Crippen LogP contribution is 2.27. The number of Topliss-reactive ketones (excluding diaryl/α,β-unsaturated/α-hetero) is 1. The number of aromatic nitrogens is 2. The predicted molar refractivity (Wildman–Crippen MR) is 110 cm³/mol. The van der Waals surface area contributed by atoms with Crippen molar-refractivity contribution in [2.75, 3.05) is 10.6 Å². The summed E-state index contributed by atoms with van der Waals surface area (Å²) in [6.07, 6.45) is 0. The summed E-state index contributed by atoms with van der Waals surface area (Å²) in [7, 11) is 0. The maximum atomic E-state index is 12.6. The van der Waals surface area contributed by atoms with Gasteiger partial charge in [0.15, 0.2) is 10.9 Å². The van der Waals surface area contributed by atoms with E-state index in [0.717, 1.165) is 11.3 Å². The minimum Gasteiger partial charge on any atom is -0.354 e. The first-order valence-corrected chi connectivity index (χ1v) is 9.49. The predicted octanol–water partition coefficient (Wildman–Crippen LogP) is 4.17. The Morgan fingerprint density at radius 1 is 1.04 bits per heavy atom. The first-order valence-electron chi connectivity index (χ1n) is 8.61. The minimum absolute atomic E-state index is 0.0791. The number of ketones is 1. The van der Waals surface area contributed by atoms with Crippen LogP contribution in [0.4, 0.5) is 10.8 Å². The van der Waals surface area contributed by atoms with E-state index in [-0.39, 0.29) is 17.6 Å². The van der Waals surface area contributed by atoms with Gasteiger partial charge in [0, 0.05) is 34.8 Å². The van der Waals surface area contributed by atoms with E-state index >= 15 is 0 Å². The van der Waals surface area contributed by atoms with Gasteiger partial charge in [0.05, 0.1) is 5.69 Å². The molecule has 0 aliphatic rings. The van der Waals surface area contributed by atoms with Crippen LogP contribution >= 0.6 is 11.3 Å². The van der Waals surface area contributed by atoms with Crippen LogP contribution in [0.15, 0.2) is 29.6 Å². The number of rotatable bonds is 5. The number of amides is 2. The second kappa shape index (κ2) is 7.77. The van der Waals surface area contributed by atoms with Crippen LogP contribution < -0.4 is 10.6 Å². The number of carbonyl (C=O) groups excluding carboxylic acids is 3. The van der Waals surface area contributed by atoms with E-state index in [1.807, 2.05) is 17.5 Å². The average Bonchev–Trinajstić information content (AvgIpc) is 3.19. The summed E-state index contributed by atoms with van der Waals surface area (Å²) in [5.41, 5.74) is 4.51. The van der Waals surface area contributed by atoms with E-state index in [2.05, 4.69) is 20.6 Å². The van der Waals surface area contributed by atoms with Crippen molar-refractivity contribution >= 4 is 39.8 Å². The molecule has 0 atom stereocenters. The Morgan fingerprint density at radius 2 is 1.71 bits per heavy atom. The lowest BCUT2D eigenvalue weighted by molar-refractivity contribution is -0.114. The quantitative estimate of drug-likeness (QED) is 0.563. The molecule has 0 saturated carbocycles. The lowest BCUT2D eigenvalue weighted by Gasteiger charge is -2.03. The van der Waals surface area contributed by atoms with Crippen molar-refractivity contribution in [3.63, 3.8) is 0 Å². The zero-order valence-corrected chi connectivity index (χ0v) is 16.8. The lowest BCUT2D eigenvalue weighted by atomic mass is 10.1. The van der Waals surface area contributed by atoms with E-state index in [1.54, 1.807) is 26.0 Å². The highest BCUT2D eigenvalue weighted by molar-refractivity contribution is 7.14. The van der Waals surface area contributed by atoms with Gasteiger partial charge in [-0.2, -0.15) is 0 Å². The Kier molecular flexibility index (Phi) is 5.41. The molecule has 1 aromatic carbocycles. The Bertz CT molecular complexity index is 1060. The molecule has 0 saturated heterocycles. The van der Waals surface area contributed by atoms with E-state index in [1.165, 1.54) is 25.2 Å². The molecular weight excluding hydrogens is 376 g/mol. The van der Waals surface area contributed by atoms with Gasteiger partial charge in [0.25, 0.3) is 5.91 Å². The monoisotopic (exact) mass is 396 g/mol. The Morgan fingerprint density at radius 3 is 2.29 bits per heavy atom. The van der Waals surface area contributed by atoms with Crippen LogP contribution in [0.1, 0.15) is 46.0 Å². The van der Waals surface area contributed by atoms with E-state index in [0.29, 0.717) is 33.3 Å². The van der Waals surface area contributed by atoms with E-state index in [9.17, 15) is 14.4 Å². The van der Waals surface area contributed by atoms with Gasteiger partial charge in [-0.3, -0.25) is 19.7 Å². The van der Waals surface area contributed by atoms with Crippen molar-refractivity contribution in [2.45, 2.75) is 27.7 Å². The summed E-state index contributed by atoms with van der Waals surface area (Å²) in [5, 5.41) is 7.79. The van der Waals surface area contributed by atoms with Crippen molar-refractivity contribution in [2.24, 2.45) is 0 Å². The Balaban J connectivity index is 1.76. The first-order chi connectivity index (χ1) is 13.3. The lowest BCUT2D eigenvalue weighted by Crippen LogP contribution is -2.13. The van der Waals surface area contributed by atoms with Crippen LogP contribution in [0.5, 0.6) is 0 Å². The smallest absolute Gasteiger partial charge is 0.274 e. The van der Waals surface area contributed by atoms with Gasteiger partial charge in [0.1, 0.15) is 5.69 Å². The van der Waals surface area contributed by atoms with Crippen LogP contribution in [0.25, 0.3) is 11.3 Å². The third-order valence-corrected chi connectivity index (χ3v) is 5.00. The molecule has 3 rings (SSSR count). The van der Waals surface area contributed by atoms with Crippen molar-refractivity contribution in [3.05, 3.63) is 52.2 Å². The molecule has 0 aliphatic heterocycles. The molecule has 3 aromatic rings. The molecule has 7 nitrogen and oxygen atoms in total. The van der Waals surface area contributed by atoms with Gasteiger partial charge in [-0.05, 0) is 38.5 Å². The molecule has 0 spiro atoms. The third kappa shape index (κ3) is 4.01. The standard InChI is InChI=1S/C20H20N4O3S/c1-10-17(12(3)25)11(2)21-18(10)19(27)24-20-23-16(9-28-20)14-5-7-15(8-6-14)22-13(4)26/h5-9,21H,1-4H3,(H,22,26)(H,23,24,27). The summed E-state index contributed by atoms with van der Waals surface area (Å²) >= 11 is 1.31. The third-order valence-electron chi connectivity index (χ3n) is 4.24.